The third kappa shape index (κ3) is 17.4. The van der Waals surface area contributed by atoms with Gasteiger partial charge in [-0.1, -0.05) is 78.4 Å². The largest absolute Gasteiger partial charge is 0.465 e. The lowest BCUT2D eigenvalue weighted by Crippen LogP contribution is -2.70. The van der Waals surface area contributed by atoms with E-state index in [9.17, 15) is 59.1 Å². The van der Waals surface area contributed by atoms with Crippen molar-refractivity contribution in [1.82, 2.24) is 16.0 Å². The van der Waals surface area contributed by atoms with Gasteiger partial charge in [0.2, 0.25) is 11.8 Å². The van der Waals surface area contributed by atoms with Crippen LogP contribution in [0.2, 0.25) is 0 Å². The molecule has 87 heavy (non-hydrogen) atoms. The van der Waals surface area contributed by atoms with Gasteiger partial charge in [-0.15, -0.1) is 0 Å². The Kier molecular flexibility index (Phi) is 23.5. The minimum atomic E-state index is -2.79. The summed E-state index contributed by atoms with van der Waals surface area (Å²) in [7, 11) is 0.921. The highest BCUT2D eigenvalue weighted by Crippen LogP contribution is 2.42. The molecule has 3 aromatic rings. The lowest BCUT2D eigenvalue weighted by Gasteiger charge is -2.49. The summed E-state index contributed by atoms with van der Waals surface area (Å²) in [5.41, 5.74) is 2.55. The fraction of sp³-hybridized carbons (Fsp3) is 0.542. The van der Waals surface area contributed by atoms with E-state index in [0.717, 1.165) is 32.1 Å². The maximum atomic E-state index is 14.2. The van der Waals surface area contributed by atoms with Crippen molar-refractivity contribution in [2.75, 3.05) is 40.1 Å². The van der Waals surface area contributed by atoms with Crippen LogP contribution in [0.15, 0.2) is 91.5 Å². The number of fused-ring (bicyclic) bond motifs is 1. The number of nitrogens with one attached hydrogen (secondary N) is 3. The van der Waals surface area contributed by atoms with Crippen molar-refractivity contribution < 1.29 is 121 Å². The molecule has 4 heterocycles. The Labute approximate surface area is 500 Å². The van der Waals surface area contributed by atoms with Gasteiger partial charge in [0.15, 0.2) is 30.5 Å². The molecular formula is C59H75N3O25. The van der Waals surface area contributed by atoms with E-state index >= 15 is 0 Å². The van der Waals surface area contributed by atoms with Crippen molar-refractivity contribution in [3.05, 3.63) is 119 Å². The Morgan fingerprint density at radius 1 is 0.747 bits per heavy atom. The van der Waals surface area contributed by atoms with Crippen LogP contribution >= 0.6 is 0 Å². The number of esters is 4. The highest BCUT2D eigenvalue weighted by molar-refractivity contribution is 5.90. The number of carbonyl (C=O) groups excluding carboxylic acids is 7. The second kappa shape index (κ2) is 30.3. The first kappa shape index (κ1) is 67.5. The maximum Gasteiger partial charge on any atom is 0.408 e. The number of ether oxygens (including phenoxy) is 13. The Morgan fingerprint density at radius 2 is 1.36 bits per heavy atom. The van der Waals surface area contributed by atoms with Crippen LogP contribution < -0.4 is 16.0 Å². The summed E-state index contributed by atoms with van der Waals surface area (Å²) in [5.74, 6) is -9.82. The lowest BCUT2D eigenvalue weighted by atomic mass is 9.88. The van der Waals surface area contributed by atoms with E-state index in [1.807, 2.05) is 6.92 Å². The molecule has 476 valence electrons. The van der Waals surface area contributed by atoms with Gasteiger partial charge in [-0.25, -0.2) is 24.0 Å². The van der Waals surface area contributed by atoms with Crippen LogP contribution in [-0.4, -0.2) is 217 Å². The monoisotopic (exact) mass is 1230 g/mol. The van der Waals surface area contributed by atoms with Gasteiger partial charge in [0.05, 0.1) is 50.2 Å². The number of methoxy groups -OCH3 is 1. The molecule has 0 unspecified atom stereocenters. The van der Waals surface area contributed by atoms with Gasteiger partial charge in [0.25, 0.3) is 5.79 Å². The number of benzene rings is 3. The standard InChI is InChI=1S/C59H75N3O25/c1-9-23-76-53(72)37(62-57(74)79-26-34-13-11-10-12-14-34)27-78-54-43(61-33(5)65)47(45(69)40(81-54)29-80-59(56(73)75-8)24-38(66)42(60-32(4)64)48(87-59)44(68)39(67)25-63)84-55-50(83-52(71)36-21-17-31(3)18-22-36)49-46(85-58(6,7)86-49)41(82-55)28-77-51(70)35-19-15-30(2)16-20-35/h9-22,37-50,54-55,63,66-69H,1,23-29H2,2-8H3,(H,60,64)(H,61,65)(H,62,74)/t37-,38-,39+,40+,41+,42+,43+,44+,45-,46-,47+,48+,49-,50+,54-,55-,59+/m0/s1. The summed E-state index contributed by atoms with van der Waals surface area (Å²) in [6, 6.07) is 16.5. The maximum absolute atomic E-state index is 14.2. The number of aliphatic hydroxyl groups is 5. The number of hydrogen-bond donors (Lipinski definition) is 8. The van der Waals surface area contributed by atoms with Crippen LogP contribution in [0, 0.1) is 13.8 Å². The third-order valence-corrected chi connectivity index (χ3v) is 14.4. The fourth-order valence-corrected chi connectivity index (χ4v) is 10.1. The van der Waals surface area contributed by atoms with Crippen LogP contribution in [0.4, 0.5) is 4.79 Å². The zero-order valence-electron chi connectivity index (χ0n) is 48.9. The highest BCUT2D eigenvalue weighted by Gasteiger charge is 2.61. The number of rotatable bonds is 25. The Balaban J connectivity index is 1.29. The Hall–Kier alpha value is -7.03. The molecule has 0 saturated carbocycles. The molecule has 3 amide bonds. The SMILES string of the molecule is C=CCOC(=O)[C@H](CO[C@H]1O[C@H](CO[C@]2(C(=O)OC)C[C@H](O)[C@@H](NC(C)=O)[C@H]([C@H](O)[C@H](O)CO)O2)[C@H](O)[C@H](O[C@@H]2O[C@H](COC(=O)c3ccc(C)cc3)[C@@H]3OC(C)(C)O[C@@H]3[C@H]2OC(=O)c2ccc(C)cc2)[C@H]1NC(C)=O)NC(=O)OCc1ccccc1. The van der Waals surface area contributed by atoms with Crippen molar-refractivity contribution in [2.24, 2.45) is 0 Å². The molecule has 8 N–H and O–H groups in total. The van der Waals surface area contributed by atoms with Gasteiger partial charge in [-0.3, -0.25) is 9.59 Å². The summed E-state index contributed by atoms with van der Waals surface area (Å²) in [5, 5.41) is 63.3. The average Bonchev–Trinajstić information content (AvgIpc) is 1.85. The quantitative estimate of drug-likeness (QED) is 0.0319. The molecule has 4 saturated heterocycles. The van der Waals surface area contributed by atoms with E-state index in [1.54, 1.807) is 87.5 Å². The number of hydrogen-bond acceptors (Lipinski definition) is 25. The number of carbonyl (C=O) groups is 7. The zero-order chi connectivity index (χ0) is 63.3. The topological polar surface area (TPSA) is 377 Å². The van der Waals surface area contributed by atoms with Crippen LogP contribution in [0.5, 0.6) is 0 Å². The lowest BCUT2D eigenvalue weighted by molar-refractivity contribution is -0.349. The minimum Gasteiger partial charge on any atom is -0.465 e. The molecule has 0 radical (unpaired) electrons. The van der Waals surface area contributed by atoms with Gasteiger partial charge in [-0.05, 0) is 57.5 Å². The van der Waals surface area contributed by atoms with Crippen molar-refractivity contribution in [2.45, 2.75) is 164 Å². The summed E-state index contributed by atoms with van der Waals surface area (Å²) in [6.45, 7) is 8.51. The smallest absolute Gasteiger partial charge is 0.408 e. The zero-order valence-corrected chi connectivity index (χ0v) is 48.9. The van der Waals surface area contributed by atoms with Crippen molar-refractivity contribution in [3.8, 4) is 0 Å². The molecule has 4 fully saturated rings. The molecule has 4 aliphatic heterocycles. The van der Waals surface area contributed by atoms with E-state index in [2.05, 4.69) is 22.5 Å². The average molecular weight is 1230 g/mol. The summed E-state index contributed by atoms with van der Waals surface area (Å²) < 4.78 is 78.5. The Morgan fingerprint density at radius 3 is 1.97 bits per heavy atom. The highest BCUT2D eigenvalue weighted by atomic mass is 16.8. The van der Waals surface area contributed by atoms with E-state index < -0.39 is 184 Å². The molecule has 4 aliphatic rings. The van der Waals surface area contributed by atoms with Crippen LogP contribution in [0.25, 0.3) is 0 Å². The molecule has 28 nitrogen and oxygen atoms in total. The fourth-order valence-electron chi connectivity index (χ4n) is 10.1. The molecule has 3 aromatic carbocycles. The first-order chi connectivity index (χ1) is 41.4. The van der Waals surface area contributed by atoms with Gasteiger partial charge < -0.3 is 103 Å². The molecule has 28 heteroatoms. The molecule has 0 aliphatic carbocycles. The van der Waals surface area contributed by atoms with Crippen LogP contribution in [0.3, 0.4) is 0 Å². The van der Waals surface area contributed by atoms with Crippen LogP contribution in [0.1, 0.15) is 71.5 Å². The van der Waals surface area contributed by atoms with E-state index in [0.29, 0.717) is 5.56 Å². The van der Waals surface area contributed by atoms with E-state index in [1.165, 1.54) is 18.2 Å². The molecule has 7 rings (SSSR count). The predicted molar refractivity (Wildman–Crippen MR) is 295 cm³/mol. The first-order valence-electron chi connectivity index (χ1n) is 27.8. The predicted octanol–water partition coefficient (Wildman–Crippen LogP) is 0.202. The van der Waals surface area contributed by atoms with E-state index in [4.69, 9.17) is 61.6 Å². The molecule has 0 spiro atoms. The molecule has 0 aromatic heterocycles. The minimum absolute atomic E-state index is 0.0773. The third-order valence-electron chi connectivity index (χ3n) is 14.4. The summed E-state index contributed by atoms with van der Waals surface area (Å²) in [4.78, 5) is 94.4. The number of aryl methyl sites for hydroxylation is 2. The van der Waals surface area contributed by atoms with Gasteiger partial charge >= 0.3 is 30.0 Å². The van der Waals surface area contributed by atoms with Gasteiger partial charge in [-0.2, -0.15) is 0 Å². The van der Waals surface area contributed by atoms with Gasteiger partial charge in [0.1, 0.15) is 80.8 Å². The second-order valence-electron chi connectivity index (χ2n) is 21.6. The number of alkyl carbamates (subject to hydrolysis) is 1. The second-order valence-corrected chi connectivity index (χ2v) is 21.6. The molecule has 17 atom stereocenters. The van der Waals surface area contributed by atoms with Gasteiger partial charge in [0, 0.05) is 20.3 Å². The van der Waals surface area contributed by atoms with Crippen molar-refractivity contribution >= 4 is 41.8 Å². The number of aliphatic hydroxyl groups excluding tert-OH is 5. The van der Waals surface area contributed by atoms with Crippen LogP contribution in [-0.2, 0) is 87.4 Å². The number of amides is 3. The molecular weight excluding hydrogens is 1150 g/mol. The Bertz CT molecular complexity index is 2840. The summed E-state index contributed by atoms with van der Waals surface area (Å²) >= 11 is 0. The first-order valence-corrected chi connectivity index (χ1v) is 27.8. The summed E-state index contributed by atoms with van der Waals surface area (Å²) in [6.07, 6.45) is -23.6. The van der Waals surface area contributed by atoms with E-state index in [-0.39, 0.29) is 24.3 Å². The van der Waals surface area contributed by atoms with Crippen molar-refractivity contribution in [3.63, 3.8) is 0 Å². The normalized spacial score (nSPS) is 29.3. The molecule has 0 bridgehead atoms. The van der Waals surface area contributed by atoms with Crippen molar-refractivity contribution in [1.29, 1.82) is 0 Å².